The molecule has 0 saturated carbocycles. The summed E-state index contributed by atoms with van der Waals surface area (Å²) in [6.45, 7) is 7.45. The number of nitrogens with zero attached hydrogens (tertiary/aromatic N) is 3. The van der Waals surface area contributed by atoms with Crippen molar-refractivity contribution in [2.24, 2.45) is 7.05 Å². The Morgan fingerprint density at radius 2 is 1.97 bits per heavy atom. The number of halogens is 1. The summed E-state index contributed by atoms with van der Waals surface area (Å²) >= 11 is 3.58. The third-order valence-electron chi connectivity index (χ3n) is 5.08. The molecule has 2 heterocycles. The first kappa shape index (κ1) is 22.6. The lowest BCUT2D eigenvalue weighted by Crippen LogP contribution is -2.29. The van der Waals surface area contributed by atoms with Crippen molar-refractivity contribution in [2.45, 2.75) is 45.6 Å². The summed E-state index contributed by atoms with van der Waals surface area (Å²) in [6, 6.07) is 5.61. The maximum absolute atomic E-state index is 12.0. The number of benzene rings is 1. The van der Waals surface area contributed by atoms with Crippen LogP contribution in [0, 0.1) is 0 Å². The van der Waals surface area contributed by atoms with Crippen molar-refractivity contribution in [1.82, 2.24) is 14.7 Å². The molecule has 3 rings (SSSR count). The van der Waals surface area contributed by atoms with Crippen molar-refractivity contribution in [1.29, 1.82) is 0 Å². The van der Waals surface area contributed by atoms with Crippen molar-refractivity contribution in [3.63, 3.8) is 0 Å². The molecule has 1 N–H and O–H groups in total. The van der Waals surface area contributed by atoms with Gasteiger partial charge in [0.1, 0.15) is 12.4 Å². The molecule has 7 nitrogen and oxygen atoms in total. The Morgan fingerprint density at radius 1 is 1.23 bits per heavy atom. The second-order valence-electron chi connectivity index (χ2n) is 7.86. The number of hydrogen-bond donors (Lipinski definition) is 1. The Balaban J connectivity index is 1.76. The molecule has 0 bridgehead atoms. The molecule has 8 heteroatoms. The minimum Gasteiger partial charge on any atom is -0.492 e. The van der Waals surface area contributed by atoms with E-state index in [1.165, 1.54) is 25.7 Å². The van der Waals surface area contributed by atoms with Gasteiger partial charge in [0, 0.05) is 24.8 Å². The molecule has 2 aromatic rings. The second-order valence-corrected chi connectivity index (χ2v) is 8.71. The Hall–Kier alpha value is -2.06. The molecule has 1 aromatic heterocycles. The van der Waals surface area contributed by atoms with Crippen molar-refractivity contribution in [2.75, 3.05) is 31.6 Å². The van der Waals surface area contributed by atoms with Crippen molar-refractivity contribution >= 4 is 27.7 Å². The van der Waals surface area contributed by atoms with Crippen molar-refractivity contribution < 1.29 is 14.3 Å². The van der Waals surface area contributed by atoms with Crippen LogP contribution in [0.3, 0.4) is 0 Å². The van der Waals surface area contributed by atoms with Crippen LogP contribution in [-0.4, -0.2) is 53.1 Å². The Bertz CT molecular complexity index is 825. The lowest BCUT2D eigenvalue weighted by molar-refractivity contribution is 0.130. The van der Waals surface area contributed by atoms with Gasteiger partial charge in [0.05, 0.1) is 22.5 Å². The molecule has 1 aliphatic rings. The van der Waals surface area contributed by atoms with E-state index in [2.05, 4.69) is 31.2 Å². The molecule has 0 spiro atoms. The van der Waals surface area contributed by atoms with Gasteiger partial charge in [0.15, 0.2) is 0 Å². The number of anilines is 1. The normalized spacial score (nSPS) is 15.1. The summed E-state index contributed by atoms with van der Waals surface area (Å²) in [5, 5.41) is 7.11. The van der Waals surface area contributed by atoms with Gasteiger partial charge in [0.2, 0.25) is 0 Å². The van der Waals surface area contributed by atoms with Gasteiger partial charge < -0.3 is 9.47 Å². The van der Waals surface area contributed by atoms with Crippen LogP contribution in [-0.2, 0) is 11.8 Å². The largest absolute Gasteiger partial charge is 0.492 e. The minimum atomic E-state index is -0.477. The van der Waals surface area contributed by atoms with E-state index in [1.807, 2.05) is 39.1 Å². The molecule has 30 heavy (non-hydrogen) atoms. The summed E-state index contributed by atoms with van der Waals surface area (Å²) in [7, 11) is 1.88. The molecule has 164 valence electrons. The lowest BCUT2D eigenvalue weighted by Gasteiger charge is -2.21. The number of likely N-dealkylation sites (tertiary alicyclic amines) is 1. The lowest BCUT2D eigenvalue weighted by atomic mass is 10.1. The highest BCUT2D eigenvalue weighted by Gasteiger charge is 2.17. The smallest absolute Gasteiger partial charge is 0.411 e. The van der Waals surface area contributed by atoms with E-state index in [0.717, 1.165) is 41.1 Å². The quantitative estimate of drug-likeness (QED) is 0.601. The predicted octanol–water partition coefficient (Wildman–Crippen LogP) is 5.06. The third-order valence-corrected chi connectivity index (χ3v) is 5.66. The second kappa shape index (κ2) is 10.8. The van der Waals surface area contributed by atoms with E-state index in [9.17, 15) is 4.79 Å². The standard InChI is InChI=1S/C22H31BrN4O3/c1-16(2)30-22(28)25-17-8-9-20(18(14-17)21-19(23)15-24-26(21)3)29-13-12-27-10-6-4-5-7-11-27/h8-9,14-16H,4-7,10-13H2,1-3H3,(H,25,28). The van der Waals surface area contributed by atoms with Crippen LogP contribution in [0.4, 0.5) is 10.5 Å². The number of aryl methyl sites for hydroxylation is 1. The number of hydrogen-bond acceptors (Lipinski definition) is 5. The molecule has 0 unspecified atom stereocenters. The van der Waals surface area contributed by atoms with Crippen LogP contribution in [0.1, 0.15) is 39.5 Å². The number of carbonyl (C=O) groups excluding carboxylic acids is 1. The van der Waals surface area contributed by atoms with E-state index in [-0.39, 0.29) is 6.10 Å². The molecular formula is C22H31BrN4O3. The zero-order chi connectivity index (χ0) is 21.5. The molecule has 0 atom stereocenters. The monoisotopic (exact) mass is 478 g/mol. The number of amides is 1. The zero-order valence-corrected chi connectivity index (χ0v) is 19.6. The first-order valence-corrected chi connectivity index (χ1v) is 11.4. The number of ether oxygens (including phenoxy) is 2. The topological polar surface area (TPSA) is 68.6 Å². The van der Waals surface area contributed by atoms with Crippen LogP contribution in [0.25, 0.3) is 11.3 Å². The molecule has 1 aromatic carbocycles. The average molecular weight is 479 g/mol. The van der Waals surface area contributed by atoms with E-state index < -0.39 is 6.09 Å². The number of nitrogens with one attached hydrogen (secondary N) is 1. The highest BCUT2D eigenvalue weighted by atomic mass is 79.9. The van der Waals surface area contributed by atoms with Gasteiger partial charge in [-0.2, -0.15) is 5.10 Å². The summed E-state index contributed by atoms with van der Waals surface area (Å²) in [5.74, 6) is 0.761. The van der Waals surface area contributed by atoms with Gasteiger partial charge in [0.25, 0.3) is 0 Å². The van der Waals surface area contributed by atoms with Crippen LogP contribution >= 0.6 is 15.9 Å². The Morgan fingerprint density at radius 3 is 2.60 bits per heavy atom. The zero-order valence-electron chi connectivity index (χ0n) is 18.0. The summed E-state index contributed by atoms with van der Waals surface area (Å²) in [6.07, 6.45) is 6.27. The van der Waals surface area contributed by atoms with Crippen molar-refractivity contribution in [3.8, 4) is 17.0 Å². The predicted molar refractivity (Wildman–Crippen MR) is 122 cm³/mol. The van der Waals surface area contributed by atoms with Gasteiger partial charge >= 0.3 is 6.09 Å². The fraction of sp³-hybridized carbons (Fsp3) is 0.545. The first-order valence-electron chi connectivity index (χ1n) is 10.6. The fourth-order valence-corrected chi connectivity index (χ4v) is 4.20. The summed E-state index contributed by atoms with van der Waals surface area (Å²) in [5.41, 5.74) is 2.39. The summed E-state index contributed by atoms with van der Waals surface area (Å²) in [4.78, 5) is 14.5. The molecule has 0 aliphatic carbocycles. The molecule has 1 saturated heterocycles. The number of rotatable bonds is 7. The van der Waals surface area contributed by atoms with Gasteiger partial charge in [-0.1, -0.05) is 12.8 Å². The van der Waals surface area contributed by atoms with Gasteiger partial charge in [-0.05, 0) is 73.9 Å². The minimum absolute atomic E-state index is 0.183. The number of aromatic nitrogens is 2. The molecule has 1 amide bonds. The summed E-state index contributed by atoms with van der Waals surface area (Å²) < 4.78 is 14.0. The third kappa shape index (κ3) is 6.22. The SMILES string of the molecule is CC(C)OC(=O)Nc1ccc(OCCN2CCCCCC2)c(-c2c(Br)cnn2C)c1. The van der Waals surface area contributed by atoms with Gasteiger partial charge in [-0.15, -0.1) is 0 Å². The van der Waals surface area contributed by atoms with E-state index in [0.29, 0.717) is 12.3 Å². The van der Waals surface area contributed by atoms with Gasteiger partial charge in [-0.25, -0.2) is 4.79 Å². The molecule has 0 radical (unpaired) electrons. The van der Waals surface area contributed by atoms with Crippen LogP contribution in [0.15, 0.2) is 28.9 Å². The van der Waals surface area contributed by atoms with Crippen LogP contribution in [0.2, 0.25) is 0 Å². The maximum Gasteiger partial charge on any atom is 0.411 e. The van der Waals surface area contributed by atoms with Gasteiger partial charge in [-0.3, -0.25) is 14.9 Å². The maximum atomic E-state index is 12.0. The van der Waals surface area contributed by atoms with E-state index >= 15 is 0 Å². The molecule has 1 fully saturated rings. The average Bonchev–Trinajstić information content (AvgIpc) is 2.87. The first-order chi connectivity index (χ1) is 14.4. The highest BCUT2D eigenvalue weighted by Crippen LogP contribution is 2.36. The number of carbonyl (C=O) groups is 1. The fourth-order valence-electron chi connectivity index (χ4n) is 3.64. The van der Waals surface area contributed by atoms with Crippen LogP contribution < -0.4 is 10.1 Å². The Kier molecular flexibility index (Phi) is 8.16. The van der Waals surface area contributed by atoms with Crippen LogP contribution in [0.5, 0.6) is 5.75 Å². The Labute approximate surface area is 186 Å². The highest BCUT2D eigenvalue weighted by molar-refractivity contribution is 9.10. The van der Waals surface area contributed by atoms with E-state index in [4.69, 9.17) is 9.47 Å². The molecular weight excluding hydrogens is 448 g/mol. The van der Waals surface area contributed by atoms with Crippen molar-refractivity contribution in [3.05, 3.63) is 28.9 Å². The van der Waals surface area contributed by atoms with E-state index in [1.54, 1.807) is 10.9 Å². The molecule has 1 aliphatic heterocycles.